The lowest BCUT2D eigenvalue weighted by Crippen LogP contribution is -2.43. The molecule has 4 heterocycles. The van der Waals surface area contributed by atoms with Gasteiger partial charge in [-0.1, -0.05) is 6.07 Å². The molecule has 0 unspecified atom stereocenters. The number of carbonyl (C=O) groups excluding carboxylic acids is 1. The topological polar surface area (TPSA) is 137 Å². The number of benzene rings is 1. The number of amides is 1. The van der Waals surface area contributed by atoms with Crippen molar-refractivity contribution < 1.29 is 4.79 Å². The third kappa shape index (κ3) is 3.97. The molecular formula is C24H30N10O. The lowest BCUT2D eigenvalue weighted by Gasteiger charge is -2.33. The van der Waals surface area contributed by atoms with Crippen molar-refractivity contribution in [2.45, 2.75) is 18.9 Å². The fourth-order valence-corrected chi connectivity index (χ4v) is 4.65. The van der Waals surface area contributed by atoms with E-state index in [0.29, 0.717) is 28.6 Å². The molecule has 4 N–H and O–H groups in total. The molecule has 0 bridgehead atoms. The first kappa shape index (κ1) is 22.8. The number of nitrogens with zero attached hydrogens (tertiary/aromatic N) is 8. The Bertz CT molecular complexity index is 1420. The van der Waals surface area contributed by atoms with Crippen LogP contribution in [0, 0.1) is 0 Å². The number of hydrogen-bond acceptors (Lipinski definition) is 8. The number of nitrogens with two attached hydrogens (primary N) is 2. The van der Waals surface area contributed by atoms with Gasteiger partial charge in [0.15, 0.2) is 11.6 Å². The molecule has 1 aliphatic heterocycles. The molecule has 11 heteroatoms. The molecule has 0 radical (unpaired) electrons. The fourth-order valence-electron chi connectivity index (χ4n) is 4.65. The van der Waals surface area contributed by atoms with Gasteiger partial charge in [0.2, 0.25) is 0 Å². The van der Waals surface area contributed by atoms with Gasteiger partial charge in [-0.05, 0) is 31.0 Å². The zero-order valence-corrected chi connectivity index (χ0v) is 20.4. The van der Waals surface area contributed by atoms with Crippen LogP contribution in [0.15, 0.2) is 30.5 Å². The number of aromatic nitrogens is 6. The molecular weight excluding hydrogens is 444 g/mol. The molecule has 0 spiro atoms. The van der Waals surface area contributed by atoms with Gasteiger partial charge in [-0.3, -0.25) is 9.48 Å². The van der Waals surface area contributed by atoms with E-state index >= 15 is 0 Å². The van der Waals surface area contributed by atoms with Crippen LogP contribution in [-0.2, 0) is 14.1 Å². The number of nitrogen functional groups attached to an aromatic ring is 1. The van der Waals surface area contributed by atoms with Gasteiger partial charge < -0.3 is 25.8 Å². The standard InChI is InChI=1S/C24H30N10O/c1-31(2)24(35)19-11-16(30-33(19)4)17-12-27-22(26)20(28-17)23-29-15-8-5-9-18(21(15)32(23)3)34-10-6-7-14(25)13-34/h5,8-9,11-12,14H,6-7,10,13,25H2,1-4H3,(H2,26,27)/t14-/m0/s1. The Morgan fingerprint density at radius 3 is 2.71 bits per heavy atom. The number of imidazole rings is 1. The maximum absolute atomic E-state index is 12.5. The Kier molecular flexibility index (Phi) is 5.64. The van der Waals surface area contributed by atoms with E-state index in [-0.39, 0.29) is 17.8 Å². The summed E-state index contributed by atoms with van der Waals surface area (Å²) in [5, 5.41) is 4.48. The van der Waals surface area contributed by atoms with E-state index in [1.54, 1.807) is 38.1 Å². The van der Waals surface area contributed by atoms with Crippen LogP contribution in [0.4, 0.5) is 11.5 Å². The Balaban J connectivity index is 1.59. The molecule has 11 nitrogen and oxygen atoms in total. The van der Waals surface area contributed by atoms with Gasteiger partial charge in [0.1, 0.15) is 22.8 Å². The summed E-state index contributed by atoms with van der Waals surface area (Å²) in [5.41, 5.74) is 17.4. The van der Waals surface area contributed by atoms with Crippen molar-refractivity contribution >= 4 is 28.4 Å². The highest BCUT2D eigenvalue weighted by Gasteiger charge is 2.24. The summed E-state index contributed by atoms with van der Waals surface area (Å²) in [5.74, 6) is 0.741. The number of carbonyl (C=O) groups is 1. The molecule has 1 fully saturated rings. The second-order valence-corrected chi connectivity index (χ2v) is 9.21. The van der Waals surface area contributed by atoms with E-state index in [4.69, 9.17) is 21.4 Å². The van der Waals surface area contributed by atoms with Crippen molar-refractivity contribution in [1.29, 1.82) is 0 Å². The summed E-state index contributed by atoms with van der Waals surface area (Å²) in [4.78, 5) is 30.3. The molecule has 0 aliphatic carbocycles. The van der Waals surface area contributed by atoms with E-state index in [2.05, 4.69) is 21.0 Å². The third-order valence-corrected chi connectivity index (χ3v) is 6.45. The van der Waals surface area contributed by atoms with E-state index in [0.717, 1.165) is 42.7 Å². The number of para-hydroxylation sites is 1. The summed E-state index contributed by atoms with van der Waals surface area (Å²) in [6.07, 6.45) is 3.66. The van der Waals surface area contributed by atoms with Crippen molar-refractivity contribution in [3.05, 3.63) is 36.2 Å². The van der Waals surface area contributed by atoms with Crippen molar-refractivity contribution in [2.75, 3.05) is 37.8 Å². The molecule has 182 valence electrons. The van der Waals surface area contributed by atoms with E-state index in [9.17, 15) is 4.79 Å². The zero-order valence-electron chi connectivity index (χ0n) is 20.4. The molecule has 1 amide bonds. The van der Waals surface area contributed by atoms with Crippen molar-refractivity contribution in [2.24, 2.45) is 19.8 Å². The van der Waals surface area contributed by atoms with Gasteiger partial charge in [-0.25, -0.2) is 15.0 Å². The number of anilines is 2. The van der Waals surface area contributed by atoms with Gasteiger partial charge in [0.25, 0.3) is 5.91 Å². The number of hydrogen-bond donors (Lipinski definition) is 2. The molecule has 1 aliphatic rings. The largest absolute Gasteiger partial charge is 0.382 e. The van der Waals surface area contributed by atoms with Gasteiger partial charge in [0.05, 0.1) is 22.9 Å². The highest BCUT2D eigenvalue weighted by Crippen LogP contribution is 2.33. The highest BCUT2D eigenvalue weighted by atomic mass is 16.2. The molecule has 35 heavy (non-hydrogen) atoms. The molecule has 1 aromatic carbocycles. The zero-order chi connectivity index (χ0) is 24.9. The van der Waals surface area contributed by atoms with Gasteiger partial charge >= 0.3 is 0 Å². The Hall–Kier alpha value is -3.99. The summed E-state index contributed by atoms with van der Waals surface area (Å²) < 4.78 is 3.55. The lowest BCUT2D eigenvalue weighted by molar-refractivity contribution is 0.0817. The summed E-state index contributed by atoms with van der Waals surface area (Å²) in [6.45, 7) is 1.77. The normalized spacial score (nSPS) is 16.1. The first-order valence-electron chi connectivity index (χ1n) is 11.6. The second kappa shape index (κ2) is 8.66. The number of piperidine rings is 1. The van der Waals surface area contributed by atoms with E-state index in [1.165, 1.54) is 4.90 Å². The number of fused-ring (bicyclic) bond motifs is 1. The van der Waals surface area contributed by atoms with Crippen molar-refractivity contribution in [3.8, 4) is 22.9 Å². The molecule has 5 rings (SSSR count). The first-order chi connectivity index (χ1) is 16.7. The van der Waals surface area contributed by atoms with Gasteiger partial charge in [0, 0.05) is 47.3 Å². The molecule has 3 aromatic heterocycles. The SMILES string of the molecule is CN(C)C(=O)c1cc(-c2cnc(N)c(-c3nc4cccc(N5CCC[C@H](N)C5)c4n3C)n2)nn1C. The lowest BCUT2D eigenvalue weighted by atomic mass is 10.1. The predicted molar refractivity (Wildman–Crippen MR) is 136 cm³/mol. The Morgan fingerprint density at radius 1 is 1.17 bits per heavy atom. The van der Waals surface area contributed by atoms with Crippen LogP contribution in [-0.4, -0.2) is 73.3 Å². The quantitative estimate of drug-likeness (QED) is 0.455. The fraction of sp³-hybridized carbons (Fsp3) is 0.375. The summed E-state index contributed by atoms with van der Waals surface area (Å²) in [6, 6.07) is 7.97. The Morgan fingerprint density at radius 2 is 1.97 bits per heavy atom. The molecule has 1 atom stereocenters. The minimum absolute atomic E-state index is 0.143. The van der Waals surface area contributed by atoms with Crippen LogP contribution in [0.1, 0.15) is 23.3 Å². The molecule has 1 saturated heterocycles. The van der Waals surface area contributed by atoms with Crippen LogP contribution in [0.25, 0.3) is 33.9 Å². The minimum Gasteiger partial charge on any atom is -0.382 e. The van der Waals surface area contributed by atoms with Gasteiger partial charge in [-0.2, -0.15) is 5.10 Å². The third-order valence-electron chi connectivity index (χ3n) is 6.45. The van der Waals surface area contributed by atoms with Crippen molar-refractivity contribution in [1.82, 2.24) is 34.2 Å². The van der Waals surface area contributed by atoms with Crippen LogP contribution in [0.5, 0.6) is 0 Å². The van der Waals surface area contributed by atoms with E-state index in [1.807, 2.05) is 23.7 Å². The predicted octanol–water partition coefficient (Wildman–Crippen LogP) is 1.64. The van der Waals surface area contributed by atoms with Crippen LogP contribution < -0.4 is 16.4 Å². The minimum atomic E-state index is -0.143. The Labute approximate surface area is 203 Å². The summed E-state index contributed by atoms with van der Waals surface area (Å²) in [7, 11) is 7.09. The monoisotopic (exact) mass is 474 g/mol. The smallest absolute Gasteiger partial charge is 0.271 e. The van der Waals surface area contributed by atoms with E-state index < -0.39 is 0 Å². The number of rotatable bonds is 4. The number of aryl methyl sites for hydroxylation is 2. The maximum atomic E-state index is 12.5. The average Bonchev–Trinajstić information content (AvgIpc) is 3.39. The molecule has 0 saturated carbocycles. The molecule has 4 aromatic rings. The highest BCUT2D eigenvalue weighted by molar-refractivity contribution is 5.94. The van der Waals surface area contributed by atoms with Crippen LogP contribution in [0.2, 0.25) is 0 Å². The maximum Gasteiger partial charge on any atom is 0.271 e. The second-order valence-electron chi connectivity index (χ2n) is 9.21. The summed E-state index contributed by atoms with van der Waals surface area (Å²) >= 11 is 0. The van der Waals surface area contributed by atoms with Crippen molar-refractivity contribution in [3.63, 3.8) is 0 Å². The van der Waals surface area contributed by atoms with Crippen LogP contribution >= 0.6 is 0 Å². The first-order valence-corrected chi connectivity index (χ1v) is 11.6. The average molecular weight is 475 g/mol. The van der Waals surface area contributed by atoms with Gasteiger partial charge in [-0.15, -0.1) is 0 Å². The van der Waals surface area contributed by atoms with Crippen LogP contribution in [0.3, 0.4) is 0 Å².